The van der Waals surface area contributed by atoms with Gasteiger partial charge in [-0.1, -0.05) is 35.5 Å². The number of amides is 1. The van der Waals surface area contributed by atoms with Crippen molar-refractivity contribution in [2.45, 2.75) is 24.3 Å². The number of nitriles is 1. The van der Waals surface area contributed by atoms with Crippen LogP contribution < -0.4 is 5.32 Å². The van der Waals surface area contributed by atoms with Crippen LogP contribution in [0.3, 0.4) is 0 Å². The Morgan fingerprint density at radius 2 is 2.04 bits per heavy atom. The van der Waals surface area contributed by atoms with E-state index in [1.807, 2.05) is 37.3 Å². The van der Waals surface area contributed by atoms with Crippen molar-refractivity contribution in [3.05, 3.63) is 59.7 Å². The summed E-state index contributed by atoms with van der Waals surface area (Å²) in [5.41, 5.74) is 3.05. The third-order valence-electron chi connectivity index (χ3n) is 3.63. The largest absolute Gasteiger partial charge is 0.325 e. The summed E-state index contributed by atoms with van der Waals surface area (Å²) in [6.07, 6.45) is 0. The molecule has 0 fully saturated rings. The molecule has 8 heteroatoms. The Kier molecular flexibility index (Phi) is 5.29. The lowest BCUT2D eigenvalue weighted by atomic mass is 10.2. The van der Waals surface area contributed by atoms with Gasteiger partial charge in [-0.15, -0.1) is 5.10 Å². The van der Waals surface area contributed by atoms with Crippen LogP contribution in [0.2, 0.25) is 0 Å². The molecule has 0 bridgehead atoms. The van der Waals surface area contributed by atoms with Gasteiger partial charge in [0.1, 0.15) is 0 Å². The highest BCUT2D eigenvalue weighted by Gasteiger charge is 2.19. The molecule has 0 saturated carbocycles. The molecule has 2 aromatic carbocycles. The number of aromatic nitrogens is 4. The quantitative estimate of drug-likeness (QED) is 0.699. The Hall–Kier alpha value is -3.18. The Balaban J connectivity index is 1.71. The van der Waals surface area contributed by atoms with Crippen molar-refractivity contribution in [2.24, 2.45) is 0 Å². The number of benzene rings is 2. The predicted octanol–water partition coefficient (Wildman–Crippen LogP) is 2.96. The first-order valence-corrected chi connectivity index (χ1v) is 8.78. The molecule has 0 saturated heterocycles. The molecule has 1 heterocycles. The zero-order valence-electron chi connectivity index (χ0n) is 14.2. The van der Waals surface area contributed by atoms with Crippen molar-refractivity contribution in [3.63, 3.8) is 0 Å². The van der Waals surface area contributed by atoms with Crippen LogP contribution in [0.15, 0.2) is 53.7 Å². The van der Waals surface area contributed by atoms with E-state index < -0.39 is 5.25 Å². The van der Waals surface area contributed by atoms with Crippen LogP contribution in [0, 0.1) is 18.3 Å². The van der Waals surface area contributed by atoms with Gasteiger partial charge < -0.3 is 5.32 Å². The number of hydrogen-bond donors (Lipinski definition) is 1. The minimum atomic E-state index is -0.420. The summed E-state index contributed by atoms with van der Waals surface area (Å²) in [7, 11) is 0. The molecule has 7 nitrogen and oxygen atoms in total. The molecule has 1 amide bonds. The van der Waals surface area contributed by atoms with E-state index >= 15 is 0 Å². The lowest BCUT2D eigenvalue weighted by Gasteiger charge is -2.12. The zero-order valence-corrected chi connectivity index (χ0v) is 15.1. The van der Waals surface area contributed by atoms with Gasteiger partial charge in [0.15, 0.2) is 0 Å². The minimum Gasteiger partial charge on any atom is -0.325 e. The molecule has 1 N–H and O–H groups in total. The van der Waals surface area contributed by atoms with Crippen LogP contribution >= 0.6 is 11.8 Å². The lowest BCUT2D eigenvalue weighted by molar-refractivity contribution is -0.115. The fourth-order valence-electron chi connectivity index (χ4n) is 2.22. The van der Waals surface area contributed by atoms with Crippen LogP contribution in [0.5, 0.6) is 0 Å². The summed E-state index contributed by atoms with van der Waals surface area (Å²) >= 11 is 1.26. The molecule has 26 heavy (non-hydrogen) atoms. The molecule has 0 radical (unpaired) electrons. The summed E-state index contributed by atoms with van der Waals surface area (Å²) in [5.74, 6) is -0.191. The van der Waals surface area contributed by atoms with Crippen LogP contribution in [0.4, 0.5) is 5.69 Å². The first-order valence-electron chi connectivity index (χ1n) is 7.90. The Bertz CT molecular complexity index is 960. The van der Waals surface area contributed by atoms with E-state index in [0.717, 1.165) is 11.3 Å². The topological polar surface area (TPSA) is 96.5 Å². The third-order valence-corrected chi connectivity index (χ3v) is 4.66. The summed E-state index contributed by atoms with van der Waals surface area (Å²) in [6.45, 7) is 3.79. The van der Waals surface area contributed by atoms with E-state index in [0.29, 0.717) is 16.4 Å². The van der Waals surface area contributed by atoms with Crippen molar-refractivity contribution >= 4 is 23.4 Å². The van der Waals surface area contributed by atoms with Crippen molar-refractivity contribution in [2.75, 3.05) is 5.32 Å². The minimum absolute atomic E-state index is 0.191. The SMILES string of the molecule is Cc1ccc(-n2nnnc2S[C@@H](C)C(=O)Nc2cccc(C#N)c2)cc1. The molecule has 0 aliphatic carbocycles. The maximum absolute atomic E-state index is 12.4. The molecule has 0 aliphatic rings. The van der Waals surface area contributed by atoms with Crippen LogP contribution in [0.25, 0.3) is 5.69 Å². The number of carbonyl (C=O) groups excluding carboxylic acids is 1. The smallest absolute Gasteiger partial charge is 0.237 e. The second-order valence-corrected chi connectivity index (χ2v) is 6.96. The summed E-state index contributed by atoms with van der Waals surface area (Å²) in [4.78, 5) is 12.4. The van der Waals surface area contributed by atoms with Crippen LogP contribution in [-0.2, 0) is 4.79 Å². The lowest BCUT2D eigenvalue weighted by Crippen LogP contribution is -2.23. The molecule has 1 aromatic heterocycles. The van der Waals surface area contributed by atoms with Gasteiger partial charge in [-0.3, -0.25) is 4.79 Å². The van der Waals surface area contributed by atoms with Crippen LogP contribution in [-0.4, -0.2) is 31.4 Å². The fourth-order valence-corrected chi connectivity index (χ4v) is 3.03. The van der Waals surface area contributed by atoms with Gasteiger partial charge in [-0.2, -0.15) is 9.94 Å². The Morgan fingerprint density at radius 1 is 1.27 bits per heavy atom. The van der Waals surface area contributed by atoms with E-state index in [9.17, 15) is 4.79 Å². The molecular weight excluding hydrogens is 348 g/mol. The number of carbonyl (C=O) groups is 1. The molecule has 3 aromatic rings. The third kappa shape index (κ3) is 4.07. The fraction of sp³-hybridized carbons (Fsp3) is 0.167. The highest BCUT2D eigenvalue weighted by Crippen LogP contribution is 2.24. The average Bonchev–Trinajstić information content (AvgIpc) is 3.10. The summed E-state index contributed by atoms with van der Waals surface area (Å²) in [5, 5.41) is 23.6. The second-order valence-electron chi connectivity index (χ2n) is 5.65. The first-order chi connectivity index (χ1) is 12.6. The number of tetrazole rings is 1. The second kappa shape index (κ2) is 7.80. The van der Waals surface area contributed by atoms with Gasteiger partial charge in [0.25, 0.3) is 0 Å². The normalized spacial score (nSPS) is 11.6. The van der Waals surface area contributed by atoms with Crippen molar-refractivity contribution in [1.29, 1.82) is 5.26 Å². The van der Waals surface area contributed by atoms with Crippen molar-refractivity contribution in [3.8, 4) is 11.8 Å². The number of thioether (sulfide) groups is 1. The zero-order chi connectivity index (χ0) is 18.5. The van der Waals surface area contributed by atoms with Gasteiger partial charge in [0.2, 0.25) is 11.1 Å². The monoisotopic (exact) mass is 364 g/mol. The van der Waals surface area contributed by atoms with Gasteiger partial charge in [-0.05, 0) is 54.6 Å². The van der Waals surface area contributed by atoms with E-state index in [4.69, 9.17) is 5.26 Å². The van der Waals surface area contributed by atoms with Crippen molar-refractivity contribution < 1.29 is 4.79 Å². The van der Waals surface area contributed by atoms with E-state index in [-0.39, 0.29) is 5.91 Å². The first kappa shape index (κ1) is 17.6. The Morgan fingerprint density at radius 3 is 2.77 bits per heavy atom. The molecule has 0 unspecified atom stereocenters. The van der Waals surface area contributed by atoms with Gasteiger partial charge in [0.05, 0.1) is 22.6 Å². The molecular formula is C18H16N6OS. The molecule has 0 spiro atoms. The molecule has 0 aliphatic heterocycles. The number of anilines is 1. The maximum Gasteiger partial charge on any atom is 0.237 e. The van der Waals surface area contributed by atoms with Gasteiger partial charge >= 0.3 is 0 Å². The average molecular weight is 364 g/mol. The van der Waals surface area contributed by atoms with Crippen molar-refractivity contribution in [1.82, 2.24) is 20.2 Å². The van der Waals surface area contributed by atoms with E-state index in [1.54, 1.807) is 35.9 Å². The van der Waals surface area contributed by atoms with Gasteiger partial charge in [0, 0.05) is 5.69 Å². The highest BCUT2D eigenvalue weighted by atomic mass is 32.2. The molecule has 1 atom stereocenters. The number of rotatable bonds is 5. The maximum atomic E-state index is 12.4. The predicted molar refractivity (Wildman–Crippen MR) is 99.0 cm³/mol. The summed E-state index contributed by atoms with van der Waals surface area (Å²) in [6, 6.07) is 16.6. The Labute approximate surface area is 155 Å². The van der Waals surface area contributed by atoms with E-state index in [2.05, 4.69) is 20.8 Å². The number of nitrogens with zero attached hydrogens (tertiary/aromatic N) is 5. The van der Waals surface area contributed by atoms with E-state index in [1.165, 1.54) is 11.8 Å². The highest BCUT2D eigenvalue weighted by molar-refractivity contribution is 8.00. The summed E-state index contributed by atoms with van der Waals surface area (Å²) < 4.78 is 1.60. The number of hydrogen-bond acceptors (Lipinski definition) is 6. The van der Waals surface area contributed by atoms with Gasteiger partial charge in [-0.25, -0.2) is 0 Å². The molecule has 130 valence electrons. The van der Waals surface area contributed by atoms with Crippen LogP contribution in [0.1, 0.15) is 18.1 Å². The molecule has 3 rings (SSSR count). The number of nitrogens with one attached hydrogen (secondary N) is 1. The number of aryl methyl sites for hydroxylation is 1. The standard InChI is InChI=1S/C18H16N6OS/c1-12-6-8-16(9-7-12)24-18(21-22-23-24)26-13(2)17(25)20-15-5-3-4-14(10-15)11-19/h3-10,13H,1-2H3,(H,20,25)/t13-/m0/s1.